The summed E-state index contributed by atoms with van der Waals surface area (Å²) in [5.74, 6) is 1.36. The molecule has 24 heavy (non-hydrogen) atoms. The molecular weight excluding hydrogens is 307 g/mol. The zero-order valence-corrected chi connectivity index (χ0v) is 14.0. The summed E-state index contributed by atoms with van der Waals surface area (Å²) in [5, 5.41) is 8.17. The van der Waals surface area contributed by atoms with Crippen LogP contribution in [0.5, 0.6) is 0 Å². The molecule has 0 spiro atoms. The van der Waals surface area contributed by atoms with Crippen LogP contribution in [0.25, 0.3) is 0 Å². The molecule has 5 nitrogen and oxygen atoms in total. The maximum Gasteiger partial charge on any atom is 0.226 e. The molecule has 1 amide bonds. The molecule has 128 valence electrons. The van der Waals surface area contributed by atoms with E-state index in [1.807, 2.05) is 4.90 Å². The second kappa shape index (κ2) is 7.55. The molecule has 3 rings (SSSR count). The summed E-state index contributed by atoms with van der Waals surface area (Å²) in [4.78, 5) is 14.3. The molecule has 0 unspecified atom stereocenters. The van der Waals surface area contributed by atoms with Crippen LogP contribution in [0.3, 0.4) is 0 Å². The van der Waals surface area contributed by atoms with Gasteiger partial charge in [-0.3, -0.25) is 4.79 Å². The van der Waals surface area contributed by atoms with Gasteiger partial charge in [-0.25, -0.2) is 4.39 Å². The minimum absolute atomic E-state index is 0.0794. The van der Waals surface area contributed by atoms with E-state index in [0.717, 1.165) is 50.3 Å². The van der Waals surface area contributed by atoms with Gasteiger partial charge in [-0.2, -0.15) is 0 Å². The second-order valence-corrected chi connectivity index (χ2v) is 6.37. The normalized spacial score (nSPS) is 15.7. The molecule has 1 aromatic carbocycles. The molecule has 6 heteroatoms. The number of amides is 1. The monoisotopic (exact) mass is 330 g/mol. The van der Waals surface area contributed by atoms with E-state index in [1.165, 1.54) is 12.1 Å². The number of piperidine rings is 1. The molecule has 1 fully saturated rings. The van der Waals surface area contributed by atoms with Crippen molar-refractivity contribution in [1.29, 1.82) is 0 Å². The number of hydrogen-bond donors (Lipinski definition) is 0. The number of nitrogens with zero attached hydrogens (tertiary/aromatic N) is 4. The summed E-state index contributed by atoms with van der Waals surface area (Å²) in [6.45, 7) is 4.49. The van der Waals surface area contributed by atoms with E-state index >= 15 is 0 Å². The minimum Gasteiger partial charge on any atom is -0.342 e. The largest absolute Gasteiger partial charge is 0.342 e. The van der Waals surface area contributed by atoms with Crippen LogP contribution in [0.2, 0.25) is 0 Å². The third-order valence-electron chi connectivity index (χ3n) is 4.72. The Bertz CT molecular complexity index is 692. The van der Waals surface area contributed by atoms with Gasteiger partial charge >= 0.3 is 0 Å². The first kappa shape index (κ1) is 16.6. The van der Waals surface area contributed by atoms with Crippen LogP contribution in [-0.2, 0) is 24.2 Å². The first-order chi connectivity index (χ1) is 11.7. The number of hydrogen-bond acceptors (Lipinski definition) is 3. The van der Waals surface area contributed by atoms with Crippen molar-refractivity contribution in [3.8, 4) is 0 Å². The maximum absolute atomic E-state index is 13.2. The van der Waals surface area contributed by atoms with Crippen molar-refractivity contribution in [2.24, 2.45) is 5.92 Å². The van der Waals surface area contributed by atoms with Crippen molar-refractivity contribution in [3.63, 3.8) is 0 Å². The summed E-state index contributed by atoms with van der Waals surface area (Å²) >= 11 is 0. The van der Waals surface area contributed by atoms with Gasteiger partial charge in [-0.05, 0) is 43.4 Å². The number of halogens is 1. The summed E-state index contributed by atoms with van der Waals surface area (Å²) in [7, 11) is 0. The van der Waals surface area contributed by atoms with Gasteiger partial charge in [-0.1, -0.05) is 12.1 Å². The predicted molar refractivity (Wildman–Crippen MR) is 88.8 cm³/mol. The van der Waals surface area contributed by atoms with Crippen LogP contribution in [0, 0.1) is 11.7 Å². The van der Waals surface area contributed by atoms with E-state index in [1.54, 1.807) is 18.5 Å². The number of benzene rings is 1. The van der Waals surface area contributed by atoms with E-state index in [2.05, 4.69) is 21.7 Å². The molecule has 1 aliphatic heterocycles. The summed E-state index contributed by atoms with van der Waals surface area (Å²) in [5.41, 5.74) is 0.734. The first-order valence-corrected chi connectivity index (χ1v) is 8.54. The molecule has 0 saturated carbocycles. The topological polar surface area (TPSA) is 51.0 Å². The molecule has 0 bridgehead atoms. The van der Waals surface area contributed by atoms with Crippen molar-refractivity contribution in [1.82, 2.24) is 19.7 Å². The van der Waals surface area contributed by atoms with Crippen LogP contribution in [0.4, 0.5) is 4.39 Å². The average molecular weight is 330 g/mol. The lowest BCUT2D eigenvalue weighted by atomic mass is 9.93. The summed E-state index contributed by atoms with van der Waals surface area (Å²) < 4.78 is 15.3. The Labute approximate surface area is 141 Å². The lowest BCUT2D eigenvalue weighted by molar-refractivity contribution is -0.131. The molecule has 1 saturated heterocycles. The molecule has 0 aliphatic carbocycles. The molecule has 0 N–H and O–H groups in total. The number of likely N-dealkylation sites (tertiary alicyclic amines) is 1. The highest BCUT2D eigenvalue weighted by molar-refractivity contribution is 5.78. The molecule has 1 aromatic heterocycles. The molecule has 0 atom stereocenters. The summed E-state index contributed by atoms with van der Waals surface area (Å²) in [6, 6.07) is 6.27. The van der Waals surface area contributed by atoms with Crippen molar-refractivity contribution in [2.45, 2.75) is 39.2 Å². The fourth-order valence-corrected chi connectivity index (χ4v) is 3.28. The Balaban J connectivity index is 1.50. The smallest absolute Gasteiger partial charge is 0.226 e. The van der Waals surface area contributed by atoms with Gasteiger partial charge in [0, 0.05) is 26.1 Å². The van der Waals surface area contributed by atoms with Crippen LogP contribution in [-0.4, -0.2) is 38.7 Å². The van der Waals surface area contributed by atoms with Crippen molar-refractivity contribution in [2.75, 3.05) is 13.1 Å². The van der Waals surface area contributed by atoms with E-state index in [0.29, 0.717) is 5.92 Å². The van der Waals surface area contributed by atoms with Gasteiger partial charge in [0.1, 0.15) is 18.0 Å². The SMILES string of the molecule is CCn1cnnc1CC1CCN(C(=O)Cc2cccc(F)c2)CC1. The van der Waals surface area contributed by atoms with Gasteiger partial charge in [0.05, 0.1) is 6.42 Å². The highest BCUT2D eigenvalue weighted by atomic mass is 19.1. The summed E-state index contributed by atoms with van der Waals surface area (Å²) in [6.07, 6.45) is 4.91. The van der Waals surface area contributed by atoms with Crippen molar-refractivity contribution in [3.05, 3.63) is 47.8 Å². The van der Waals surface area contributed by atoms with Gasteiger partial charge in [0.25, 0.3) is 0 Å². The number of carbonyl (C=O) groups is 1. The Morgan fingerprint density at radius 3 is 2.83 bits per heavy atom. The molecule has 2 heterocycles. The van der Waals surface area contributed by atoms with Gasteiger partial charge in [0.2, 0.25) is 5.91 Å². The Kier molecular flexibility index (Phi) is 5.23. The van der Waals surface area contributed by atoms with Crippen LogP contribution in [0.1, 0.15) is 31.2 Å². The minimum atomic E-state index is -0.293. The number of aryl methyl sites for hydroxylation is 1. The van der Waals surface area contributed by atoms with Gasteiger partial charge in [-0.15, -0.1) is 10.2 Å². The maximum atomic E-state index is 13.2. The van der Waals surface area contributed by atoms with Crippen LogP contribution >= 0.6 is 0 Å². The Hall–Kier alpha value is -2.24. The Morgan fingerprint density at radius 1 is 1.33 bits per heavy atom. The van der Waals surface area contributed by atoms with Crippen molar-refractivity contribution < 1.29 is 9.18 Å². The van der Waals surface area contributed by atoms with Crippen LogP contribution < -0.4 is 0 Å². The highest BCUT2D eigenvalue weighted by Crippen LogP contribution is 2.21. The molecule has 2 aromatic rings. The average Bonchev–Trinajstić information content (AvgIpc) is 3.02. The fraction of sp³-hybridized carbons (Fsp3) is 0.500. The standard InChI is InChI=1S/C18H23FN4O/c1-2-22-13-20-21-17(22)11-14-6-8-23(9-7-14)18(24)12-15-4-3-5-16(19)10-15/h3-5,10,13-14H,2,6-9,11-12H2,1H3. The van der Waals surface area contributed by atoms with E-state index in [-0.39, 0.29) is 18.1 Å². The molecule has 1 aliphatic rings. The fourth-order valence-electron chi connectivity index (χ4n) is 3.28. The number of carbonyl (C=O) groups excluding carboxylic acids is 1. The zero-order chi connectivity index (χ0) is 16.9. The van der Waals surface area contributed by atoms with E-state index in [4.69, 9.17) is 0 Å². The van der Waals surface area contributed by atoms with Gasteiger partial charge in [0.15, 0.2) is 0 Å². The molecule has 0 radical (unpaired) electrons. The lowest BCUT2D eigenvalue weighted by Crippen LogP contribution is -2.39. The lowest BCUT2D eigenvalue weighted by Gasteiger charge is -2.32. The number of aromatic nitrogens is 3. The van der Waals surface area contributed by atoms with E-state index < -0.39 is 0 Å². The molecular formula is C18H23FN4O. The Morgan fingerprint density at radius 2 is 2.12 bits per heavy atom. The van der Waals surface area contributed by atoms with E-state index in [9.17, 15) is 9.18 Å². The van der Waals surface area contributed by atoms with Crippen LogP contribution in [0.15, 0.2) is 30.6 Å². The van der Waals surface area contributed by atoms with Crippen molar-refractivity contribution >= 4 is 5.91 Å². The number of rotatable bonds is 5. The van der Waals surface area contributed by atoms with Gasteiger partial charge < -0.3 is 9.47 Å². The third-order valence-corrected chi connectivity index (χ3v) is 4.72. The predicted octanol–water partition coefficient (Wildman–Crippen LogP) is 2.46. The highest BCUT2D eigenvalue weighted by Gasteiger charge is 2.24. The zero-order valence-electron chi connectivity index (χ0n) is 14.0. The second-order valence-electron chi connectivity index (χ2n) is 6.37. The quantitative estimate of drug-likeness (QED) is 0.846. The third kappa shape index (κ3) is 3.99. The first-order valence-electron chi connectivity index (χ1n) is 8.54.